The van der Waals surface area contributed by atoms with Gasteiger partial charge in [-0.1, -0.05) is 18.2 Å². The summed E-state index contributed by atoms with van der Waals surface area (Å²) in [6.07, 6.45) is 0. The Morgan fingerprint density at radius 1 is 1.14 bits per heavy atom. The first-order valence-corrected chi connectivity index (χ1v) is 8.49. The number of halogens is 1. The van der Waals surface area contributed by atoms with Crippen LogP contribution in [0, 0.1) is 0 Å². The second-order valence-electron chi connectivity index (χ2n) is 4.24. The summed E-state index contributed by atoms with van der Waals surface area (Å²) < 4.78 is 32.6. The van der Waals surface area contributed by atoms with Crippen molar-refractivity contribution in [1.29, 1.82) is 0 Å². The van der Waals surface area contributed by atoms with Crippen LogP contribution in [0.1, 0.15) is 0 Å². The second-order valence-corrected chi connectivity index (χ2v) is 6.86. The van der Waals surface area contributed by atoms with Crippen LogP contribution >= 0.6 is 15.9 Å². The third-order valence-corrected chi connectivity index (χ3v) is 4.83. The molecule has 112 valence electrons. The topological polar surface area (TPSA) is 81.4 Å². The first-order chi connectivity index (χ1) is 9.99. The number of nitrogens with two attached hydrogens (primary N) is 1. The molecule has 0 bridgehead atoms. The number of ether oxygens (including phenoxy) is 1. The number of nitrogens with one attached hydrogen (secondary N) is 1. The van der Waals surface area contributed by atoms with E-state index in [1.165, 1.54) is 12.1 Å². The van der Waals surface area contributed by atoms with E-state index in [4.69, 9.17) is 10.5 Å². The first-order valence-electron chi connectivity index (χ1n) is 6.21. The Labute approximate surface area is 132 Å². The van der Waals surface area contributed by atoms with Crippen LogP contribution in [0.4, 0.5) is 5.69 Å². The molecule has 7 heteroatoms. The van der Waals surface area contributed by atoms with Gasteiger partial charge in [0, 0.05) is 16.7 Å². The zero-order chi connectivity index (χ0) is 15.3. The zero-order valence-electron chi connectivity index (χ0n) is 11.1. The second kappa shape index (κ2) is 6.93. The fraction of sp³-hybridized carbons (Fsp3) is 0.143. The number of rotatable bonds is 6. The fourth-order valence-corrected chi connectivity index (χ4v) is 3.19. The van der Waals surface area contributed by atoms with Crippen LogP contribution in [0.25, 0.3) is 0 Å². The number of benzene rings is 2. The van der Waals surface area contributed by atoms with Crippen molar-refractivity contribution in [3.63, 3.8) is 0 Å². The summed E-state index contributed by atoms with van der Waals surface area (Å²) >= 11 is 3.21. The molecule has 0 saturated carbocycles. The minimum atomic E-state index is -3.57. The predicted octanol–water partition coefficient (Wildman–Crippen LogP) is 2.39. The van der Waals surface area contributed by atoms with Gasteiger partial charge in [0.2, 0.25) is 10.0 Å². The summed E-state index contributed by atoms with van der Waals surface area (Å²) in [4.78, 5) is 0.156. The summed E-state index contributed by atoms with van der Waals surface area (Å²) in [6, 6.07) is 13.7. The van der Waals surface area contributed by atoms with Crippen LogP contribution in [-0.4, -0.2) is 21.6 Å². The van der Waals surface area contributed by atoms with Crippen LogP contribution < -0.4 is 15.2 Å². The minimum Gasteiger partial charge on any atom is -0.492 e. The third-order valence-electron chi connectivity index (χ3n) is 2.69. The van der Waals surface area contributed by atoms with Gasteiger partial charge in [0.15, 0.2) is 0 Å². The molecule has 2 rings (SSSR count). The normalized spacial score (nSPS) is 11.3. The van der Waals surface area contributed by atoms with Crippen LogP contribution in [0.3, 0.4) is 0 Å². The van der Waals surface area contributed by atoms with E-state index in [-0.39, 0.29) is 18.0 Å². The van der Waals surface area contributed by atoms with E-state index in [1.54, 1.807) is 6.07 Å². The molecular formula is C14H15BrN2O3S. The van der Waals surface area contributed by atoms with E-state index in [0.717, 1.165) is 0 Å². The molecule has 0 aliphatic carbocycles. The highest BCUT2D eigenvalue weighted by Gasteiger charge is 2.14. The van der Waals surface area contributed by atoms with Gasteiger partial charge in [0.1, 0.15) is 12.4 Å². The molecule has 0 unspecified atom stereocenters. The van der Waals surface area contributed by atoms with Gasteiger partial charge in [0.05, 0.1) is 4.90 Å². The molecule has 0 spiro atoms. The van der Waals surface area contributed by atoms with Crippen molar-refractivity contribution in [3.05, 3.63) is 53.0 Å². The van der Waals surface area contributed by atoms with Crippen LogP contribution in [0.15, 0.2) is 57.9 Å². The quantitative estimate of drug-likeness (QED) is 0.604. The molecule has 0 atom stereocenters. The molecule has 0 amide bonds. The Bertz CT molecular complexity index is 705. The van der Waals surface area contributed by atoms with Gasteiger partial charge in [-0.05, 0) is 46.3 Å². The standard InChI is InChI=1S/C14H15BrN2O3S/c15-13-10-12(6-7-14(13)16)21(18,19)17-8-9-20-11-4-2-1-3-5-11/h1-7,10,17H,8-9,16H2. The van der Waals surface area contributed by atoms with Crippen molar-refractivity contribution in [2.45, 2.75) is 4.90 Å². The maximum atomic E-state index is 12.1. The van der Waals surface area contributed by atoms with Gasteiger partial charge in [0.25, 0.3) is 0 Å². The Morgan fingerprint density at radius 3 is 2.52 bits per heavy atom. The van der Waals surface area contributed by atoms with E-state index in [2.05, 4.69) is 20.7 Å². The lowest BCUT2D eigenvalue weighted by Crippen LogP contribution is -2.28. The Kier molecular flexibility index (Phi) is 5.22. The van der Waals surface area contributed by atoms with Gasteiger partial charge in [-0.15, -0.1) is 0 Å². The summed E-state index contributed by atoms with van der Waals surface area (Å²) in [7, 11) is -3.57. The van der Waals surface area contributed by atoms with Crippen molar-refractivity contribution >= 4 is 31.6 Å². The van der Waals surface area contributed by atoms with E-state index in [0.29, 0.717) is 15.9 Å². The average Bonchev–Trinajstić information content (AvgIpc) is 2.47. The molecule has 5 nitrogen and oxygen atoms in total. The maximum Gasteiger partial charge on any atom is 0.240 e. The molecule has 0 radical (unpaired) electrons. The molecule has 21 heavy (non-hydrogen) atoms. The molecular weight excluding hydrogens is 356 g/mol. The predicted molar refractivity (Wildman–Crippen MR) is 85.7 cm³/mol. The SMILES string of the molecule is Nc1ccc(S(=O)(=O)NCCOc2ccccc2)cc1Br. The Hall–Kier alpha value is -1.57. The van der Waals surface area contributed by atoms with E-state index in [9.17, 15) is 8.42 Å². The Morgan fingerprint density at radius 2 is 1.86 bits per heavy atom. The molecule has 0 aromatic heterocycles. The van der Waals surface area contributed by atoms with Gasteiger partial charge >= 0.3 is 0 Å². The van der Waals surface area contributed by atoms with Crippen molar-refractivity contribution in [1.82, 2.24) is 4.72 Å². The molecule has 0 aliphatic heterocycles. The van der Waals surface area contributed by atoms with Crippen LogP contribution in [0.2, 0.25) is 0 Å². The highest BCUT2D eigenvalue weighted by atomic mass is 79.9. The third kappa shape index (κ3) is 4.45. The van der Waals surface area contributed by atoms with E-state index >= 15 is 0 Å². The number of nitrogen functional groups attached to an aromatic ring is 1. The molecule has 2 aromatic rings. The zero-order valence-corrected chi connectivity index (χ0v) is 13.5. The fourth-order valence-electron chi connectivity index (χ4n) is 1.62. The summed E-state index contributed by atoms with van der Waals surface area (Å²) in [5.74, 6) is 0.701. The Balaban J connectivity index is 1.91. The lowest BCUT2D eigenvalue weighted by atomic mass is 10.3. The molecule has 0 saturated heterocycles. The number of sulfonamides is 1. The largest absolute Gasteiger partial charge is 0.492 e. The lowest BCUT2D eigenvalue weighted by molar-refractivity contribution is 0.323. The lowest BCUT2D eigenvalue weighted by Gasteiger charge is -2.09. The highest BCUT2D eigenvalue weighted by molar-refractivity contribution is 9.10. The van der Waals surface area contributed by atoms with Gasteiger partial charge < -0.3 is 10.5 Å². The molecule has 0 heterocycles. The summed E-state index contributed by atoms with van der Waals surface area (Å²) in [5.41, 5.74) is 6.12. The summed E-state index contributed by atoms with van der Waals surface area (Å²) in [6.45, 7) is 0.429. The smallest absolute Gasteiger partial charge is 0.240 e. The minimum absolute atomic E-state index is 0.156. The number of hydrogen-bond donors (Lipinski definition) is 2. The maximum absolute atomic E-state index is 12.1. The average molecular weight is 371 g/mol. The van der Waals surface area contributed by atoms with Gasteiger partial charge in [-0.25, -0.2) is 13.1 Å². The van der Waals surface area contributed by atoms with Gasteiger partial charge in [-0.3, -0.25) is 0 Å². The number of anilines is 1. The number of para-hydroxylation sites is 1. The van der Waals surface area contributed by atoms with Crippen molar-refractivity contribution in [2.75, 3.05) is 18.9 Å². The molecule has 0 aliphatic rings. The molecule has 0 fully saturated rings. The van der Waals surface area contributed by atoms with E-state index < -0.39 is 10.0 Å². The van der Waals surface area contributed by atoms with Crippen molar-refractivity contribution in [3.8, 4) is 5.75 Å². The van der Waals surface area contributed by atoms with Crippen molar-refractivity contribution < 1.29 is 13.2 Å². The number of hydrogen-bond acceptors (Lipinski definition) is 4. The highest BCUT2D eigenvalue weighted by Crippen LogP contribution is 2.22. The van der Waals surface area contributed by atoms with Gasteiger partial charge in [-0.2, -0.15) is 0 Å². The van der Waals surface area contributed by atoms with E-state index in [1.807, 2.05) is 30.3 Å². The monoisotopic (exact) mass is 370 g/mol. The molecule has 3 N–H and O–H groups in total. The first kappa shape index (κ1) is 15.8. The summed E-state index contributed by atoms with van der Waals surface area (Å²) in [5, 5.41) is 0. The van der Waals surface area contributed by atoms with Crippen LogP contribution in [0.5, 0.6) is 5.75 Å². The molecule has 2 aromatic carbocycles. The van der Waals surface area contributed by atoms with Crippen molar-refractivity contribution in [2.24, 2.45) is 0 Å². The van der Waals surface area contributed by atoms with Crippen LogP contribution in [-0.2, 0) is 10.0 Å².